The molecule has 0 amide bonds. The van der Waals surface area contributed by atoms with E-state index < -0.39 is 0 Å². The normalized spacial score (nSPS) is 9.83. The summed E-state index contributed by atoms with van der Waals surface area (Å²) in [5.74, 6) is 0.310. The van der Waals surface area contributed by atoms with Crippen LogP contribution in [0.5, 0.6) is 5.75 Å². The van der Waals surface area contributed by atoms with Gasteiger partial charge in [-0.3, -0.25) is 0 Å². The van der Waals surface area contributed by atoms with Gasteiger partial charge in [-0.2, -0.15) is 0 Å². The van der Waals surface area contributed by atoms with E-state index in [1.165, 1.54) is 5.56 Å². The lowest BCUT2D eigenvalue weighted by atomic mass is 10.00. The first-order valence-electron chi connectivity index (χ1n) is 4.13. The van der Waals surface area contributed by atoms with Gasteiger partial charge in [0, 0.05) is 0 Å². The highest BCUT2D eigenvalue weighted by Crippen LogP contribution is 2.23. The van der Waals surface area contributed by atoms with Crippen LogP contribution in [0.1, 0.15) is 24.5 Å². The van der Waals surface area contributed by atoms with E-state index in [4.69, 9.17) is 0 Å². The predicted octanol–water partition coefficient (Wildman–Crippen LogP) is 3.12. The zero-order valence-corrected chi connectivity index (χ0v) is 7.59. The van der Waals surface area contributed by atoms with Gasteiger partial charge in [-0.15, -0.1) is 0 Å². The Bertz CT molecular complexity index is 300. The summed E-state index contributed by atoms with van der Waals surface area (Å²) in [5.41, 5.74) is 3.31. The monoisotopic (exact) mass is 162 g/mol. The van der Waals surface area contributed by atoms with Crippen LogP contribution in [0.25, 0.3) is 5.57 Å². The number of benzene rings is 1. The Kier molecular flexibility index (Phi) is 2.54. The number of hydrogen-bond donors (Lipinski definition) is 1. The summed E-state index contributed by atoms with van der Waals surface area (Å²) >= 11 is 0. The average molecular weight is 162 g/mol. The lowest BCUT2D eigenvalue weighted by Crippen LogP contribution is -1.85. The molecule has 0 unspecified atom stereocenters. The molecule has 0 heterocycles. The maximum absolute atomic E-state index is 9.24. The summed E-state index contributed by atoms with van der Waals surface area (Å²) < 4.78 is 0. The predicted molar refractivity (Wildman–Crippen MR) is 52.2 cm³/mol. The van der Waals surface area contributed by atoms with Crippen molar-refractivity contribution in [3.05, 3.63) is 35.9 Å². The number of aromatic hydroxyl groups is 1. The molecule has 0 radical (unpaired) electrons. The zero-order valence-electron chi connectivity index (χ0n) is 7.59. The number of phenolic OH excluding ortho intramolecular Hbond substituents is 1. The van der Waals surface area contributed by atoms with Crippen molar-refractivity contribution < 1.29 is 5.11 Å². The van der Waals surface area contributed by atoms with Crippen molar-refractivity contribution in [2.24, 2.45) is 0 Å². The molecule has 0 aliphatic carbocycles. The van der Waals surface area contributed by atoms with Crippen molar-refractivity contribution >= 4 is 5.57 Å². The van der Waals surface area contributed by atoms with Crippen LogP contribution < -0.4 is 0 Å². The van der Waals surface area contributed by atoms with Crippen LogP contribution in [0.4, 0.5) is 0 Å². The fourth-order valence-corrected chi connectivity index (χ4v) is 1.18. The molecule has 0 bridgehead atoms. The first kappa shape index (κ1) is 8.85. The van der Waals surface area contributed by atoms with Crippen molar-refractivity contribution in [3.63, 3.8) is 0 Å². The lowest BCUT2D eigenvalue weighted by Gasteiger charge is -2.06. The Labute approximate surface area is 73.4 Å². The minimum Gasteiger partial charge on any atom is -0.508 e. The maximum Gasteiger partial charge on any atom is 0.116 e. The number of allylic oxidation sites excluding steroid dienone is 1. The van der Waals surface area contributed by atoms with E-state index in [2.05, 4.69) is 13.5 Å². The second-order valence-electron chi connectivity index (χ2n) is 2.96. The van der Waals surface area contributed by atoms with Crippen molar-refractivity contribution in [2.75, 3.05) is 0 Å². The first-order chi connectivity index (χ1) is 5.65. The van der Waals surface area contributed by atoms with E-state index in [1.54, 1.807) is 12.1 Å². The van der Waals surface area contributed by atoms with Crippen LogP contribution in [0.2, 0.25) is 0 Å². The third-order valence-electron chi connectivity index (χ3n) is 2.03. The quantitative estimate of drug-likeness (QED) is 0.708. The molecular formula is C11H14O. The smallest absolute Gasteiger partial charge is 0.116 e. The summed E-state index contributed by atoms with van der Waals surface area (Å²) in [4.78, 5) is 0. The Hall–Kier alpha value is -1.24. The van der Waals surface area contributed by atoms with Crippen molar-refractivity contribution in [1.29, 1.82) is 0 Å². The molecule has 1 aromatic rings. The van der Waals surface area contributed by atoms with Gasteiger partial charge in [0.15, 0.2) is 0 Å². The highest BCUT2D eigenvalue weighted by Gasteiger charge is 2.01. The summed E-state index contributed by atoms with van der Waals surface area (Å²) in [7, 11) is 0. The van der Waals surface area contributed by atoms with Crippen LogP contribution in [0, 0.1) is 6.92 Å². The molecule has 1 heteroatoms. The van der Waals surface area contributed by atoms with Crippen LogP contribution in [0.15, 0.2) is 24.8 Å². The van der Waals surface area contributed by atoms with Gasteiger partial charge in [0.2, 0.25) is 0 Å². The molecule has 1 rings (SSSR count). The third-order valence-corrected chi connectivity index (χ3v) is 2.03. The van der Waals surface area contributed by atoms with Gasteiger partial charge >= 0.3 is 0 Å². The van der Waals surface area contributed by atoms with E-state index in [0.29, 0.717) is 5.75 Å². The van der Waals surface area contributed by atoms with E-state index in [1.807, 2.05) is 13.0 Å². The number of aryl methyl sites for hydroxylation is 1. The highest BCUT2D eigenvalue weighted by molar-refractivity contribution is 5.67. The molecule has 1 nitrogen and oxygen atoms in total. The Morgan fingerprint density at radius 3 is 2.75 bits per heavy atom. The molecule has 0 fully saturated rings. The van der Waals surface area contributed by atoms with E-state index in [-0.39, 0.29) is 0 Å². The fourth-order valence-electron chi connectivity index (χ4n) is 1.18. The van der Waals surface area contributed by atoms with Gasteiger partial charge in [0.25, 0.3) is 0 Å². The maximum atomic E-state index is 9.24. The molecule has 0 aliphatic heterocycles. The molecule has 1 aromatic carbocycles. The minimum atomic E-state index is 0.310. The largest absolute Gasteiger partial charge is 0.508 e. The molecule has 0 aromatic heterocycles. The SMILES string of the molecule is C=C(CC)c1cc(O)ccc1C. The molecule has 12 heavy (non-hydrogen) atoms. The number of hydrogen-bond acceptors (Lipinski definition) is 1. The third kappa shape index (κ3) is 1.67. The molecule has 0 aliphatic rings. The van der Waals surface area contributed by atoms with Crippen LogP contribution in [-0.4, -0.2) is 5.11 Å². The van der Waals surface area contributed by atoms with E-state index >= 15 is 0 Å². The summed E-state index contributed by atoms with van der Waals surface area (Å²) in [6.07, 6.45) is 0.921. The second kappa shape index (κ2) is 3.44. The van der Waals surface area contributed by atoms with Crippen molar-refractivity contribution in [3.8, 4) is 5.75 Å². The van der Waals surface area contributed by atoms with E-state index in [0.717, 1.165) is 17.6 Å². The summed E-state index contributed by atoms with van der Waals surface area (Å²) in [5, 5.41) is 9.24. The Balaban J connectivity index is 3.13. The van der Waals surface area contributed by atoms with E-state index in [9.17, 15) is 5.11 Å². The highest BCUT2D eigenvalue weighted by atomic mass is 16.3. The summed E-state index contributed by atoms with van der Waals surface area (Å²) in [6.45, 7) is 8.02. The van der Waals surface area contributed by atoms with Crippen LogP contribution >= 0.6 is 0 Å². The second-order valence-corrected chi connectivity index (χ2v) is 2.96. The Morgan fingerprint density at radius 2 is 2.17 bits per heavy atom. The molecule has 0 atom stereocenters. The standard InChI is InChI=1S/C11H14O/c1-4-8(2)11-7-10(12)6-5-9(11)3/h5-7,12H,2,4H2,1,3H3. The van der Waals surface area contributed by atoms with Crippen LogP contribution in [0.3, 0.4) is 0 Å². The van der Waals surface area contributed by atoms with Gasteiger partial charge in [-0.25, -0.2) is 0 Å². The first-order valence-corrected chi connectivity index (χ1v) is 4.13. The number of rotatable bonds is 2. The number of phenols is 1. The lowest BCUT2D eigenvalue weighted by molar-refractivity contribution is 0.475. The zero-order chi connectivity index (χ0) is 9.14. The molecule has 0 saturated heterocycles. The van der Waals surface area contributed by atoms with Gasteiger partial charge in [-0.05, 0) is 42.2 Å². The van der Waals surface area contributed by atoms with Gasteiger partial charge < -0.3 is 5.11 Å². The molecule has 0 spiro atoms. The Morgan fingerprint density at radius 1 is 1.50 bits per heavy atom. The van der Waals surface area contributed by atoms with Gasteiger partial charge in [0.05, 0.1) is 0 Å². The van der Waals surface area contributed by atoms with Crippen molar-refractivity contribution in [1.82, 2.24) is 0 Å². The van der Waals surface area contributed by atoms with Gasteiger partial charge in [-0.1, -0.05) is 19.6 Å². The average Bonchev–Trinajstić information content (AvgIpc) is 2.08. The molecular weight excluding hydrogens is 148 g/mol. The van der Waals surface area contributed by atoms with Gasteiger partial charge in [0.1, 0.15) is 5.75 Å². The molecule has 64 valence electrons. The fraction of sp³-hybridized carbons (Fsp3) is 0.273. The minimum absolute atomic E-state index is 0.310. The topological polar surface area (TPSA) is 20.2 Å². The van der Waals surface area contributed by atoms with Crippen molar-refractivity contribution in [2.45, 2.75) is 20.3 Å². The molecule has 1 N–H and O–H groups in total. The molecule has 0 saturated carbocycles. The van der Waals surface area contributed by atoms with Crippen LogP contribution in [-0.2, 0) is 0 Å². The summed E-state index contributed by atoms with van der Waals surface area (Å²) in [6, 6.07) is 5.37.